The summed E-state index contributed by atoms with van der Waals surface area (Å²) < 4.78 is 11.3. The van der Waals surface area contributed by atoms with E-state index in [-0.39, 0.29) is 0 Å². The highest BCUT2D eigenvalue weighted by Gasteiger charge is 2.24. The summed E-state index contributed by atoms with van der Waals surface area (Å²) in [4.78, 5) is 0. The Hall–Kier alpha value is -1.06. The fourth-order valence-electron chi connectivity index (χ4n) is 2.33. The van der Waals surface area contributed by atoms with E-state index >= 15 is 0 Å². The number of likely N-dealkylation sites (N-methyl/N-ethyl adjacent to an activating group) is 1. The van der Waals surface area contributed by atoms with Gasteiger partial charge in [0.25, 0.3) is 0 Å². The summed E-state index contributed by atoms with van der Waals surface area (Å²) in [6.07, 6.45) is 2.20. The van der Waals surface area contributed by atoms with Gasteiger partial charge >= 0.3 is 0 Å². The summed E-state index contributed by atoms with van der Waals surface area (Å²) >= 11 is 0. The summed E-state index contributed by atoms with van der Waals surface area (Å²) in [5, 5.41) is 3.33. The van der Waals surface area contributed by atoms with Crippen LogP contribution in [0.15, 0.2) is 24.3 Å². The molecular weight excluding hydrogens is 226 g/mol. The third-order valence-corrected chi connectivity index (χ3v) is 3.67. The van der Waals surface area contributed by atoms with Crippen molar-refractivity contribution in [2.75, 3.05) is 26.9 Å². The third kappa shape index (κ3) is 3.47. The average Bonchev–Trinajstić information content (AvgIpc) is 2.94. The molecule has 1 N–H and O–H groups in total. The van der Waals surface area contributed by atoms with E-state index in [2.05, 4.69) is 36.5 Å². The van der Waals surface area contributed by atoms with Crippen LogP contribution >= 0.6 is 0 Å². The minimum atomic E-state index is 0.373. The first-order valence-electron chi connectivity index (χ1n) is 6.80. The van der Waals surface area contributed by atoms with Crippen LogP contribution in [-0.2, 0) is 11.2 Å². The maximum Gasteiger partial charge on any atom is 0.119 e. The van der Waals surface area contributed by atoms with E-state index in [9.17, 15) is 0 Å². The van der Waals surface area contributed by atoms with Crippen LogP contribution < -0.4 is 10.1 Å². The van der Waals surface area contributed by atoms with Gasteiger partial charge in [0.15, 0.2) is 0 Å². The number of benzene rings is 1. The maximum absolute atomic E-state index is 5.85. The molecule has 0 radical (unpaired) electrons. The monoisotopic (exact) mass is 249 g/mol. The van der Waals surface area contributed by atoms with Crippen molar-refractivity contribution in [3.05, 3.63) is 29.8 Å². The summed E-state index contributed by atoms with van der Waals surface area (Å²) in [6, 6.07) is 8.73. The number of hydrogen-bond acceptors (Lipinski definition) is 3. The normalized spacial score (nSPS) is 20.9. The standard InChI is InChI=1S/C15H23NO2/c1-3-12-4-6-14(7-5-12)18-11-15(16-2)13-8-9-17-10-13/h4-7,13,15-16H,3,8-11H2,1-2H3. The molecule has 100 valence electrons. The summed E-state index contributed by atoms with van der Waals surface area (Å²) in [5.41, 5.74) is 1.34. The van der Waals surface area contributed by atoms with Gasteiger partial charge in [0.1, 0.15) is 12.4 Å². The van der Waals surface area contributed by atoms with Gasteiger partial charge in [-0.25, -0.2) is 0 Å². The molecule has 1 fully saturated rings. The molecule has 0 amide bonds. The van der Waals surface area contributed by atoms with E-state index in [1.54, 1.807) is 0 Å². The van der Waals surface area contributed by atoms with Crippen LogP contribution in [0.1, 0.15) is 18.9 Å². The van der Waals surface area contributed by atoms with Gasteiger partial charge in [0.05, 0.1) is 6.61 Å². The van der Waals surface area contributed by atoms with Crippen molar-refractivity contribution < 1.29 is 9.47 Å². The number of aryl methyl sites for hydroxylation is 1. The minimum absolute atomic E-state index is 0.373. The molecule has 1 aromatic carbocycles. The predicted octanol–water partition coefficient (Wildman–Crippen LogP) is 2.25. The van der Waals surface area contributed by atoms with E-state index in [0.29, 0.717) is 18.6 Å². The van der Waals surface area contributed by atoms with Gasteiger partial charge in [0.2, 0.25) is 0 Å². The molecule has 2 rings (SSSR count). The number of nitrogens with one attached hydrogen (secondary N) is 1. The Balaban J connectivity index is 1.84. The molecule has 0 aromatic heterocycles. The second kappa shape index (κ2) is 6.76. The lowest BCUT2D eigenvalue weighted by Gasteiger charge is -2.22. The van der Waals surface area contributed by atoms with Crippen LogP contribution in [0.3, 0.4) is 0 Å². The number of ether oxygens (including phenoxy) is 2. The molecule has 1 aliphatic rings. The lowest BCUT2D eigenvalue weighted by molar-refractivity contribution is 0.162. The Kier molecular flexibility index (Phi) is 5.02. The molecule has 1 aromatic rings. The Morgan fingerprint density at radius 3 is 2.72 bits per heavy atom. The largest absolute Gasteiger partial charge is 0.492 e. The molecule has 0 spiro atoms. The SMILES string of the molecule is CCc1ccc(OCC(NC)C2CCOC2)cc1. The molecule has 3 heteroatoms. The second-order valence-electron chi connectivity index (χ2n) is 4.83. The highest BCUT2D eigenvalue weighted by molar-refractivity contribution is 5.27. The van der Waals surface area contributed by atoms with Crippen molar-refractivity contribution >= 4 is 0 Å². The Bertz CT molecular complexity index is 344. The van der Waals surface area contributed by atoms with Crippen LogP contribution in [0.4, 0.5) is 0 Å². The number of rotatable bonds is 6. The summed E-state index contributed by atoms with van der Waals surface area (Å²) in [7, 11) is 1.99. The van der Waals surface area contributed by atoms with E-state index in [1.807, 2.05) is 7.05 Å². The topological polar surface area (TPSA) is 30.5 Å². The van der Waals surface area contributed by atoms with Gasteiger partial charge in [-0.1, -0.05) is 19.1 Å². The van der Waals surface area contributed by atoms with Crippen molar-refractivity contribution in [3.8, 4) is 5.75 Å². The van der Waals surface area contributed by atoms with Crippen LogP contribution in [0.25, 0.3) is 0 Å². The Labute approximate surface area is 109 Å². The van der Waals surface area contributed by atoms with E-state index < -0.39 is 0 Å². The maximum atomic E-state index is 5.85. The van der Waals surface area contributed by atoms with Crippen molar-refractivity contribution in [2.24, 2.45) is 5.92 Å². The quantitative estimate of drug-likeness (QED) is 0.839. The van der Waals surface area contributed by atoms with Crippen molar-refractivity contribution in [3.63, 3.8) is 0 Å². The van der Waals surface area contributed by atoms with Gasteiger partial charge < -0.3 is 14.8 Å². The van der Waals surface area contributed by atoms with Crippen molar-refractivity contribution in [2.45, 2.75) is 25.8 Å². The first-order valence-corrected chi connectivity index (χ1v) is 6.80. The minimum Gasteiger partial charge on any atom is -0.492 e. The molecular formula is C15H23NO2. The lowest BCUT2D eigenvalue weighted by atomic mass is 10.00. The first-order chi connectivity index (χ1) is 8.83. The fourth-order valence-corrected chi connectivity index (χ4v) is 2.33. The molecule has 0 bridgehead atoms. The van der Waals surface area contributed by atoms with E-state index in [0.717, 1.165) is 31.8 Å². The fraction of sp³-hybridized carbons (Fsp3) is 0.600. The van der Waals surface area contributed by atoms with Crippen LogP contribution in [0.2, 0.25) is 0 Å². The third-order valence-electron chi connectivity index (χ3n) is 3.67. The lowest BCUT2D eigenvalue weighted by Crippen LogP contribution is -2.39. The average molecular weight is 249 g/mol. The molecule has 18 heavy (non-hydrogen) atoms. The Morgan fingerprint density at radius 1 is 1.39 bits per heavy atom. The molecule has 3 nitrogen and oxygen atoms in total. The van der Waals surface area contributed by atoms with E-state index in [4.69, 9.17) is 9.47 Å². The smallest absolute Gasteiger partial charge is 0.119 e. The highest BCUT2D eigenvalue weighted by Crippen LogP contribution is 2.18. The predicted molar refractivity (Wildman–Crippen MR) is 73.1 cm³/mol. The zero-order chi connectivity index (χ0) is 12.8. The van der Waals surface area contributed by atoms with Gasteiger partial charge in [-0.3, -0.25) is 0 Å². The van der Waals surface area contributed by atoms with Crippen molar-refractivity contribution in [1.82, 2.24) is 5.32 Å². The summed E-state index contributed by atoms with van der Waals surface area (Å²) in [5.74, 6) is 1.52. The summed E-state index contributed by atoms with van der Waals surface area (Å²) in [6.45, 7) is 4.60. The molecule has 1 saturated heterocycles. The van der Waals surface area contributed by atoms with Gasteiger partial charge in [-0.2, -0.15) is 0 Å². The molecule has 0 saturated carbocycles. The van der Waals surface area contributed by atoms with Crippen LogP contribution in [0.5, 0.6) is 5.75 Å². The highest BCUT2D eigenvalue weighted by atomic mass is 16.5. The molecule has 1 heterocycles. The molecule has 1 aliphatic heterocycles. The molecule has 0 aliphatic carbocycles. The molecule has 2 atom stereocenters. The van der Waals surface area contributed by atoms with Gasteiger partial charge in [-0.15, -0.1) is 0 Å². The first kappa shape index (κ1) is 13.4. The van der Waals surface area contributed by atoms with Crippen LogP contribution in [-0.4, -0.2) is 32.9 Å². The van der Waals surface area contributed by atoms with Gasteiger partial charge in [-0.05, 0) is 37.6 Å². The Morgan fingerprint density at radius 2 is 2.17 bits per heavy atom. The van der Waals surface area contributed by atoms with Gasteiger partial charge in [0, 0.05) is 18.6 Å². The van der Waals surface area contributed by atoms with Crippen molar-refractivity contribution in [1.29, 1.82) is 0 Å². The second-order valence-corrected chi connectivity index (χ2v) is 4.83. The molecule has 2 unspecified atom stereocenters. The number of hydrogen-bond donors (Lipinski definition) is 1. The zero-order valence-electron chi connectivity index (χ0n) is 11.3. The van der Waals surface area contributed by atoms with Crippen LogP contribution in [0, 0.1) is 5.92 Å². The van der Waals surface area contributed by atoms with E-state index in [1.165, 1.54) is 5.56 Å². The zero-order valence-corrected chi connectivity index (χ0v) is 11.3.